The second-order valence-electron chi connectivity index (χ2n) is 5.16. The first-order valence-corrected chi connectivity index (χ1v) is 7.26. The molecule has 0 radical (unpaired) electrons. The Kier molecular flexibility index (Phi) is 5.36. The van der Waals surface area contributed by atoms with Crippen LogP contribution >= 0.6 is 0 Å². The summed E-state index contributed by atoms with van der Waals surface area (Å²) in [6.07, 6.45) is -2.29. The van der Waals surface area contributed by atoms with Crippen LogP contribution in [0.25, 0.3) is 11.1 Å². The number of amides is 1. The lowest BCUT2D eigenvalue weighted by Gasteiger charge is -2.23. The Balaban J connectivity index is 2.25. The minimum atomic E-state index is -0.907. The largest absolute Gasteiger partial charge is 0.454 e. The highest BCUT2D eigenvalue weighted by Gasteiger charge is 2.25. The maximum absolute atomic E-state index is 11.3. The van der Waals surface area contributed by atoms with Crippen molar-refractivity contribution in [3.05, 3.63) is 60.2 Å². The van der Waals surface area contributed by atoms with Crippen LogP contribution in [-0.4, -0.2) is 18.2 Å². The minimum absolute atomic E-state index is 0.456. The van der Waals surface area contributed by atoms with Gasteiger partial charge in [0.2, 0.25) is 0 Å². The molecule has 2 N–H and O–H groups in total. The average Bonchev–Trinajstić information content (AvgIpc) is 2.53. The number of ether oxygens (including phenoxy) is 2. The summed E-state index contributed by atoms with van der Waals surface area (Å²) >= 11 is 0. The van der Waals surface area contributed by atoms with Crippen LogP contribution in [0.5, 0.6) is 0 Å². The summed E-state index contributed by atoms with van der Waals surface area (Å²) in [5, 5.41) is 0. The van der Waals surface area contributed by atoms with E-state index in [1.54, 1.807) is 6.92 Å². The summed E-state index contributed by atoms with van der Waals surface area (Å²) in [4.78, 5) is 22.2. The van der Waals surface area contributed by atoms with E-state index in [0.717, 1.165) is 16.7 Å². The number of primary amides is 1. The van der Waals surface area contributed by atoms with Crippen molar-refractivity contribution in [2.75, 3.05) is 0 Å². The molecule has 23 heavy (non-hydrogen) atoms. The average molecular weight is 313 g/mol. The maximum atomic E-state index is 11.3. The Bertz CT molecular complexity index is 667. The van der Waals surface area contributed by atoms with Gasteiger partial charge in [0.25, 0.3) is 0 Å². The van der Waals surface area contributed by atoms with Crippen LogP contribution in [0.2, 0.25) is 0 Å². The fourth-order valence-electron chi connectivity index (χ4n) is 2.35. The highest BCUT2D eigenvalue weighted by Crippen LogP contribution is 2.27. The van der Waals surface area contributed by atoms with Crippen molar-refractivity contribution in [3.63, 3.8) is 0 Å². The molecule has 2 aromatic carbocycles. The smallest absolute Gasteiger partial charge is 0.404 e. The van der Waals surface area contributed by atoms with Gasteiger partial charge in [0, 0.05) is 6.92 Å². The quantitative estimate of drug-likeness (QED) is 0.858. The van der Waals surface area contributed by atoms with Crippen molar-refractivity contribution in [3.8, 4) is 11.1 Å². The zero-order chi connectivity index (χ0) is 16.8. The van der Waals surface area contributed by atoms with E-state index in [1.807, 2.05) is 54.6 Å². The van der Waals surface area contributed by atoms with Gasteiger partial charge in [-0.3, -0.25) is 4.79 Å². The predicted molar refractivity (Wildman–Crippen MR) is 86.5 cm³/mol. The lowest BCUT2D eigenvalue weighted by molar-refractivity contribution is -0.152. The third kappa shape index (κ3) is 4.57. The van der Waals surface area contributed by atoms with E-state index in [-0.39, 0.29) is 0 Å². The molecule has 5 heteroatoms. The lowest BCUT2D eigenvalue weighted by Crippen LogP contribution is -2.28. The molecular weight excluding hydrogens is 294 g/mol. The van der Waals surface area contributed by atoms with Gasteiger partial charge in [-0.1, -0.05) is 54.6 Å². The first-order chi connectivity index (χ1) is 11.0. The van der Waals surface area contributed by atoms with Gasteiger partial charge in [-0.15, -0.1) is 0 Å². The normalized spacial score (nSPS) is 13.0. The molecule has 0 aliphatic heterocycles. The number of rotatable bonds is 5. The van der Waals surface area contributed by atoms with Crippen LogP contribution in [0.15, 0.2) is 54.6 Å². The molecule has 1 amide bonds. The van der Waals surface area contributed by atoms with Crippen LogP contribution in [0.1, 0.15) is 25.5 Å². The Morgan fingerprint density at radius 1 is 0.913 bits per heavy atom. The molecule has 0 fully saturated rings. The van der Waals surface area contributed by atoms with E-state index in [4.69, 9.17) is 15.2 Å². The number of benzene rings is 2. The zero-order valence-electron chi connectivity index (χ0n) is 13.1. The van der Waals surface area contributed by atoms with Crippen molar-refractivity contribution >= 4 is 12.1 Å². The molecule has 2 rings (SSSR count). The van der Waals surface area contributed by atoms with Gasteiger partial charge < -0.3 is 15.2 Å². The molecule has 5 nitrogen and oxygen atoms in total. The predicted octanol–water partition coefficient (Wildman–Crippen LogP) is 3.44. The standard InChI is InChI=1S/C18H19NO4/c1-12(22-18(19)21)17(23-13(2)20)16-10-8-15(9-11-16)14-6-4-3-5-7-14/h3-12,17H,1-2H3,(H2,19,21). The van der Waals surface area contributed by atoms with Gasteiger partial charge in [0.15, 0.2) is 6.10 Å². The first-order valence-electron chi connectivity index (χ1n) is 7.26. The van der Waals surface area contributed by atoms with Crippen molar-refractivity contribution in [1.29, 1.82) is 0 Å². The number of carbonyl (C=O) groups excluding carboxylic acids is 2. The molecule has 120 valence electrons. The second-order valence-corrected chi connectivity index (χ2v) is 5.16. The molecule has 0 saturated carbocycles. The zero-order valence-corrected chi connectivity index (χ0v) is 13.1. The lowest BCUT2D eigenvalue weighted by atomic mass is 10.00. The first kappa shape index (κ1) is 16.5. The van der Waals surface area contributed by atoms with E-state index >= 15 is 0 Å². The van der Waals surface area contributed by atoms with Crippen molar-refractivity contribution in [2.45, 2.75) is 26.1 Å². The molecule has 2 atom stereocenters. The van der Waals surface area contributed by atoms with Gasteiger partial charge in [-0.2, -0.15) is 0 Å². The highest BCUT2D eigenvalue weighted by atomic mass is 16.6. The van der Waals surface area contributed by atoms with E-state index in [9.17, 15) is 9.59 Å². The van der Waals surface area contributed by atoms with Gasteiger partial charge in [0.05, 0.1) is 0 Å². The van der Waals surface area contributed by atoms with Gasteiger partial charge in [-0.05, 0) is 23.6 Å². The molecular formula is C18H19NO4. The molecule has 0 bridgehead atoms. The summed E-state index contributed by atoms with van der Waals surface area (Å²) in [5.74, 6) is -0.456. The Morgan fingerprint density at radius 2 is 1.48 bits per heavy atom. The van der Waals surface area contributed by atoms with Crippen LogP contribution in [0, 0.1) is 0 Å². The van der Waals surface area contributed by atoms with Gasteiger partial charge in [-0.25, -0.2) is 4.79 Å². The molecule has 0 saturated heterocycles. The third-order valence-electron chi connectivity index (χ3n) is 3.37. The van der Waals surface area contributed by atoms with Crippen LogP contribution in [0.3, 0.4) is 0 Å². The summed E-state index contributed by atoms with van der Waals surface area (Å²) in [7, 11) is 0. The third-order valence-corrected chi connectivity index (χ3v) is 3.37. The van der Waals surface area contributed by atoms with Crippen LogP contribution in [0.4, 0.5) is 4.79 Å². The monoisotopic (exact) mass is 313 g/mol. The molecule has 0 aromatic heterocycles. The molecule has 0 heterocycles. The summed E-state index contributed by atoms with van der Waals surface area (Å²) in [6, 6.07) is 17.5. The summed E-state index contributed by atoms with van der Waals surface area (Å²) < 4.78 is 10.2. The van der Waals surface area contributed by atoms with E-state index < -0.39 is 24.3 Å². The highest BCUT2D eigenvalue weighted by molar-refractivity contribution is 5.67. The molecule has 2 aromatic rings. The number of hydrogen-bond donors (Lipinski definition) is 1. The Labute approximate surface area is 135 Å². The molecule has 2 unspecified atom stereocenters. The molecule has 0 spiro atoms. The fourth-order valence-corrected chi connectivity index (χ4v) is 2.35. The van der Waals surface area contributed by atoms with E-state index in [0.29, 0.717) is 0 Å². The van der Waals surface area contributed by atoms with Gasteiger partial charge in [0.1, 0.15) is 6.10 Å². The number of hydrogen-bond acceptors (Lipinski definition) is 4. The Hall–Kier alpha value is -2.82. The summed E-state index contributed by atoms with van der Waals surface area (Å²) in [5.41, 5.74) is 7.90. The van der Waals surface area contributed by atoms with Crippen LogP contribution in [-0.2, 0) is 14.3 Å². The molecule has 0 aliphatic rings. The Morgan fingerprint density at radius 3 is 2.00 bits per heavy atom. The fraction of sp³-hybridized carbons (Fsp3) is 0.222. The van der Waals surface area contributed by atoms with Gasteiger partial charge >= 0.3 is 12.1 Å². The van der Waals surface area contributed by atoms with Crippen LogP contribution < -0.4 is 5.73 Å². The van der Waals surface area contributed by atoms with Crippen molar-refractivity contribution < 1.29 is 19.1 Å². The topological polar surface area (TPSA) is 78.6 Å². The molecule has 0 aliphatic carbocycles. The SMILES string of the molecule is CC(=O)OC(c1ccc(-c2ccccc2)cc1)C(C)OC(N)=O. The minimum Gasteiger partial charge on any atom is -0.454 e. The number of esters is 1. The van der Waals surface area contributed by atoms with Crippen molar-refractivity contribution in [2.24, 2.45) is 5.73 Å². The van der Waals surface area contributed by atoms with Crippen molar-refractivity contribution in [1.82, 2.24) is 0 Å². The van der Waals surface area contributed by atoms with E-state index in [2.05, 4.69) is 0 Å². The second kappa shape index (κ2) is 7.45. The number of nitrogens with two attached hydrogens (primary N) is 1. The number of carbonyl (C=O) groups is 2. The summed E-state index contributed by atoms with van der Waals surface area (Å²) in [6.45, 7) is 2.94. The van der Waals surface area contributed by atoms with E-state index in [1.165, 1.54) is 6.92 Å². The maximum Gasteiger partial charge on any atom is 0.404 e.